The third-order valence-electron chi connectivity index (χ3n) is 5.58. The summed E-state index contributed by atoms with van der Waals surface area (Å²) in [5.41, 5.74) is 0.766. The SMILES string of the molecule is COc1cc(/C=C2/C(=N)N3N=C(COc4ccccc4)SC3=NC2=O)cc(I)c1OCCOc1ccc(Cl)cc1. The molecule has 0 unspecified atom stereocenters. The van der Waals surface area contributed by atoms with Crippen LogP contribution in [0.3, 0.4) is 0 Å². The Balaban J connectivity index is 1.26. The van der Waals surface area contributed by atoms with E-state index in [2.05, 4.69) is 32.7 Å². The number of aliphatic imine (C=N–C) groups is 1. The second kappa shape index (κ2) is 12.7. The van der Waals surface area contributed by atoms with E-state index in [1.54, 1.807) is 43.5 Å². The molecule has 12 heteroatoms. The van der Waals surface area contributed by atoms with Crippen LogP contribution in [0.4, 0.5) is 0 Å². The van der Waals surface area contributed by atoms with Gasteiger partial charge in [-0.1, -0.05) is 29.8 Å². The average molecular weight is 689 g/mol. The monoisotopic (exact) mass is 688 g/mol. The zero-order valence-electron chi connectivity index (χ0n) is 21.1. The number of para-hydroxylation sites is 1. The quantitative estimate of drug-likeness (QED) is 0.156. The topological polar surface area (TPSA) is 106 Å². The molecule has 0 saturated heterocycles. The number of carbonyl (C=O) groups is 1. The predicted octanol–water partition coefficient (Wildman–Crippen LogP) is 6.11. The molecule has 1 amide bonds. The fraction of sp³-hybridized carbons (Fsp3) is 0.143. The first kappa shape index (κ1) is 28.0. The molecule has 3 aromatic carbocycles. The summed E-state index contributed by atoms with van der Waals surface area (Å²) < 4.78 is 23.7. The van der Waals surface area contributed by atoms with Crippen molar-refractivity contribution >= 4 is 74.0 Å². The highest BCUT2D eigenvalue weighted by Crippen LogP contribution is 2.35. The summed E-state index contributed by atoms with van der Waals surface area (Å²) in [4.78, 5) is 17.0. The fourth-order valence-electron chi connectivity index (χ4n) is 3.72. The van der Waals surface area contributed by atoms with Gasteiger partial charge in [0.15, 0.2) is 17.3 Å². The van der Waals surface area contributed by atoms with Crippen molar-refractivity contribution < 1.29 is 23.7 Å². The van der Waals surface area contributed by atoms with Gasteiger partial charge in [-0.25, -0.2) is 0 Å². The van der Waals surface area contributed by atoms with Crippen molar-refractivity contribution in [3.8, 4) is 23.0 Å². The number of amidine groups is 2. The molecule has 40 heavy (non-hydrogen) atoms. The van der Waals surface area contributed by atoms with Crippen LogP contribution >= 0.6 is 46.0 Å². The van der Waals surface area contributed by atoms with Crippen molar-refractivity contribution in [2.24, 2.45) is 10.1 Å². The molecule has 0 aliphatic carbocycles. The summed E-state index contributed by atoms with van der Waals surface area (Å²) >= 11 is 9.25. The maximum atomic E-state index is 12.9. The van der Waals surface area contributed by atoms with E-state index in [0.717, 1.165) is 3.57 Å². The maximum absolute atomic E-state index is 12.9. The van der Waals surface area contributed by atoms with Crippen molar-refractivity contribution in [1.82, 2.24) is 5.01 Å². The number of thioether (sulfide) groups is 1. The number of benzene rings is 3. The smallest absolute Gasteiger partial charge is 0.283 e. The molecule has 204 valence electrons. The minimum absolute atomic E-state index is 0.0640. The van der Waals surface area contributed by atoms with Crippen molar-refractivity contribution in [1.29, 1.82) is 5.41 Å². The number of methoxy groups -OCH3 is 1. The minimum atomic E-state index is -0.516. The van der Waals surface area contributed by atoms with Crippen LogP contribution in [0.2, 0.25) is 5.02 Å². The second-order valence-corrected chi connectivity index (χ2v) is 10.9. The van der Waals surface area contributed by atoms with E-state index in [0.29, 0.717) is 50.4 Å². The Morgan fingerprint density at radius 1 is 1.02 bits per heavy atom. The van der Waals surface area contributed by atoms with Crippen molar-refractivity contribution in [3.05, 3.63) is 86.5 Å². The molecule has 0 aromatic heterocycles. The molecule has 0 spiro atoms. The highest BCUT2D eigenvalue weighted by Gasteiger charge is 2.35. The van der Waals surface area contributed by atoms with E-state index in [4.69, 9.17) is 36.0 Å². The summed E-state index contributed by atoms with van der Waals surface area (Å²) in [7, 11) is 1.54. The zero-order valence-corrected chi connectivity index (χ0v) is 24.8. The van der Waals surface area contributed by atoms with E-state index >= 15 is 0 Å². The molecule has 3 aromatic rings. The van der Waals surface area contributed by atoms with E-state index in [9.17, 15) is 4.79 Å². The van der Waals surface area contributed by atoms with Gasteiger partial charge in [-0.05, 0) is 94.5 Å². The predicted molar refractivity (Wildman–Crippen MR) is 165 cm³/mol. The molecular weight excluding hydrogens is 667 g/mol. The van der Waals surface area contributed by atoms with Gasteiger partial charge in [0, 0.05) is 5.02 Å². The molecule has 0 atom stereocenters. The van der Waals surface area contributed by atoms with Crippen molar-refractivity contribution in [2.45, 2.75) is 0 Å². The first-order valence-electron chi connectivity index (χ1n) is 12.0. The highest BCUT2D eigenvalue weighted by atomic mass is 127. The number of halogens is 2. The molecule has 2 heterocycles. The fourth-order valence-corrected chi connectivity index (χ4v) is 5.42. The van der Waals surface area contributed by atoms with Gasteiger partial charge in [0.1, 0.15) is 36.4 Å². The number of nitrogens with one attached hydrogen (secondary N) is 1. The average Bonchev–Trinajstić information content (AvgIpc) is 3.37. The molecule has 9 nitrogen and oxygen atoms in total. The number of rotatable bonds is 10. The highest BCUT2D eigenvalue weighted by molar-refractivity contribution is 14.1. The third-order valence-corrected chi connectivity index (χ3v) is 7.51. The zero-order chi connectivity index (χ0) is 28.1. The van der Waals surface area contributed by atoms with Crippen LogP contribution < -0.4 is 18.9 Å². The summed E-state index contributed by atoms with van der Waals surface area (Å²) in [6.07, 6.45) is 1.60. The standard InChI is InChI=1S/C28H22ClIN4O5S/c1-36-23-15-17(14-22(30)25(23)38-12-11-37-20-9-7-18(29)8-10-20)13-21-26(31)34-28(32-27(21)35)40-24(33-34)16-39-19-5-3-2-4-6-19/h2-10,13-15,31H,11-12,16H2,1H3/b21-13-,31-26?. The molecule has 1 N–H and O–H groups in total. The van der Waals surface area contributed by atoms with Gasteiger partial charge in [-0.15, -0.1) is 0 Å². The van der Waals surface area contributed by atoms with Gasteiger partial charge in [-0.3, -0.25) is 10.2 Å². The van der Waals surface area contributed by atoms with Crippen molar-refractivity contribution in [3.63, 3.8) is 0 Å². The van der Waals surface area contributed by atoms with E-state index < -0.39 is 5.91 Å². The first-order chi connectivity index (χ1) is 19.4. The summed E-state index contributed by atoms with van der Waals surface area (Å²) in [5, 5.41) is 16.0. The molecular formula is C28H22ClIN4O5S. The Bertz CT molecular complexity index is 1530. The van der Waals surface area contributed by atoms with Crippen LogP contribution in [-0.4, -0.2) is 53.9 Å². The van der Waals surface area contributed by atoms with E-state index in [1.807, 2.05) is 36.4 Å². The molecule has 0 bridgehead atoms. The third kappa shape index (κ3) is 6.60. The summed E-state index contributed by atoms with van der Waals surface area (Å²) in [6, 6.07) is 20.0. The van der Waals surface area contributed by atoms with E-state index in [1.165, 1.54) is 16.8 Å². The molecule has 0 fully saturated rings. The second-order valence-electron chi connectivity index (χ2n) is 8.30. The normalized spacial score (nSPS) is 15.5. The van der Waals surface area contributed by atoms with Gasteiger partial charge in [0.25, 0.3) is 5.91 Å². The summed E-state index contributed by atoms with van der Waals surface area (Å²) in [5.74, 6) is 1.86. The van der Waals surface area contributed by atoms with Gasteiger partial charge < -0.3 is 18.9 Å². The Morgan fingerprint density at radius 3 is 2.50 bits per heavy atom. The Morgan fingerprint density at radius 2 is 1.75 bits per heavy atom. The van der Waals surface area contributed by atoms with Gasteiger partial charge in [0.2, 0.25) is 5.17 Å². The number of hydrazone groups is 1. The lowest BCUT2D eigenvalue weighted by Crippen LogP contribution is -2.35. The Labute approximate surface area is 253 Å². The number of hydrogen-bond donors (Lipinski definition) is 1. The van der Waals surface area contributed by atoms with Crippen LogP contribution in [0, 0.1) is 8.98 Å². The lowest BCUT2D eigenvalue weighted by Gasteiger charge is -2.20. The summed E-state index contributed by atoms with van der Waals surface area (Å²) in [6.45, 7) is 0.814. The largest absolute Gasteiger partial charge is 0.493 e. The molecule has 0 radical (unpaired) electrons. The van der Waals surface area contributed by atoms with Gasteiger partial charge in [0.05, 0.1) is 16.3 Å². The lowest BCUT2D eigenvalue weighted by atomic mass is 10.1. The minimum Gasteiger partial charge on any atom is -0.493 e. The first-order valence-corrected chi connectivity index (χ1v) is 14.2. The van der Waals surface area contributed by atoms with Gasteiger partial charge >= 0.3 is 0 Å². The number of hydrogen-bond acceptors (Lipinski definition) is 8. The van der Waals surface area contributed by atoms with Crippen LogP contribution in [0.15, 0.2) is 82.4 Å². The Kier molecular flexibility index (Phi) is 8.92. The van der Waals surface area contributed by atoms with Gasteiger partial charge in [-0.2, -0.15) is 15.1 Å². The van der Waals surface area contributed by atoms with Crippen molar-refractivity contribution in [2.75, 3.05) is 26.9 Å². The number of fused-ring (bicyclic) bond motifs is 1. The van der Waals surface area contributed by atoms with Crippen LogP contribution in [0.1, 0.15) is 5.56 Å². The Hall–Kier alpha value is -3.55. The maximum Gasteiger partial charge on any atom is 0.283 e. The molecule has 0 saturated carbocycles. The van der Waals surface area contributed by atoms with E-state index in [-0.39, 0.29) is 24.6 Å². The van der Waals surface area contributed by atoms with Crippen LogP contribution in [0.25, 0.3) is 6.08 Å². The molecule has 5 rings (SSSR count). The number of nitrogens with zero attached hydrogens (tertiary/aromatic N) is 3. The molecule has 2 aliphatic rings. The number of amides is 1. The number of carbonyl (C=O) groups excluding carboxylic acids is 1. The lowest BCUT2D eigenvalue weighted by molar-refractivity contribution is -0.114. The molecule has 2 aliphatic heterocycles. The van der Waals surface area contributed by atoms with Crippen LogP contribution in [-0.2, 0) is 4.79 Å². The number of ether oxygens (including phenoxy) is 4. The van der Waals surface area contributed by atoms with Crippen LogP contribution in [0.5, 0.6) is 23.0 Å².